The van der Waals surface area contributed by atoms with Crippen LogP contribution in [0.5, 0.6) is 5.75 Å². The van der Waals surface area contributed by atoms with Crippen LogP contribution in [0.15, 0.2) is 24.3 Å². The summed E-state index contributed by atoms with van der Waals surface area (Å²) < 4.78 is 45.1. The number of ether oxygens (including phenoxy) is 1. The van der Waals surface area contributed by atoms with Gasteiger partial charge in [-0.15, -0.1) is 12.4 Å². The predicted octanol–water partition coefficient (Wildman–Crippen LogP) is 3.33. The Morgan fingerprint density at radius 3 is 2.58 bits per heavy atom. The first-order valence-electron chi connectivity index (χ1n) is 8.29. The van der Waals surface area contributed by atoms with Crippen LogP contribution in [0.2, 0.25) is 0 Å². The van der Waals surface area contributed by atoms with Crippen molar-refractivity contribution in [3.8, 4) is 5.75 Å². The Balaban J connectivity index is 0.00000243. The first kappa shape index (κ1) is 20.5. The fourth-order valence-electron chi connectivity index (χ4n) is 3.17. The lowest BCUT2D eigenvalue weighted by molar-refractivity contribution is -0.143. The molecule has 0 saturated carbocycles. The third kappa shape index (κ3) is 5.11. The number of benzene rings is 1. The van der Waals surface area contributed by atoms with Gasteiger partial charge in [-0.05, 0) is 32.0 Å². The highest BCUT2D eigenvalue weighted by Gasteiger charge is 2.32. The predicted molar refractivity (Wildman–Crippen MR) is 94.0 cm³/mol. The Morgan fingerprint density at radius 2 is 1.92 bits per heavy atom. The highest BCUT2D eigenvalue weighted by atomic mass is 35.5. The van der Waals surface area contributed by atoms with Crippen molar-refractivity contribution in [2.24, 2.45) is 0 Å². The Bertz CT molecular complexity index is 714. The second-order valence-corrected chi connectivity index (χ2v) is 6.17. The number of rotatable bonds is 5. The lowest BCUT2D eigenvalue weighted by atomic mass is 9.97. The molecule has 1 aliphatic heterocycles. The summed E-state index contributed by atoms with van der Waals surface area (Å²) in [5.74, 6) is 1.51. The van der Waals surface area contributed by atoms with Crippen LogP contribution in [-0.4, -0.2) is 41.1 Å². The molecule has 2 aromatic rings. The van der Waals surface area contributed by atoms with Gasteiger partial charge in [0.05, 0.1) is 7.11 Å². The number of methoxy groups -OCH3 is 1. The summed E-state index contributed by atoms with van der Waals surface area (Å²) in [4.78, 5) is 4.46. The second kappa shape index (κ2) is 8.73. The van der Waals surface area contributed by atoms with Gasteiger partial charge in [0.2, 0.25) is 0 Å². The van der Waals surface area contributed by atoms with Gasteiger partial charge in [-0.3, -0.25) is 0 Å². The first-order chi connectivity index (χ1) is 12.0. The smallest absolute Gasteiger partial charge is 0.408 e. The van der Waals surface area contributed by atoms with Crippen LogP contribution < -0.4 is 10.1 Å². The molecule has 0 spiro atoms. The number of hydrogen-bond donors (Lipinski definition) is 1. The zero-order valence-corrected chi connectivity index (χ0v) is 15.2. The van der Waals surface area contributed by atoms with Gasteiger partial charge in [-0.25, -0.2) is 9.67 Å². The largest absolute Gasteiger partial charge is 0.496 e. The standard InChI is InChI=1S/C17H21F3N4O.ClH/c1-25-14-5-3-2-4-13(14)10-15-22-16(12-6-8-21-9-7-12)24(23-15)11-17(18,19)20;/h2-5,12,21H,6-11H2,1H3;1H. The number of piperidine rings is 1. The summed E-state index contributed by atoms with van der Waals surface area (Å²) in [6, 6.07) is 7.39. The molecule has 1 saturated heterocycles. The zero-order valence-electron chi connectivity index (χ0n) is 14.4. The SMILES string of the molecule is COc1ccccc1Cc1nc(C2CCNCC2)n(CC(F)(F)F)n1.Cl. The Labute approximate surface area is 156 Å². The third-order valence-corrected chi connectivity index (χ3v) is 4.32. The van der Waals surface area contributed by atoms with Gasteiger partial charge in [0.1, 0.15) is 18.1 Å². The average molecular weight is 391 g/mol. The van der Waals surface area contributed by atoms with Gasteiger partial charge in [0.25, 0.3) is 0 Å². The molecule has 26 heavy (non-hydrogen) atoms. The van der Waals surface area contributed by atoms with Crippen LogP contribution in [0.25, 0.3) is 0 Å². The molecule has 1 N–H and O–H groups in total. The minimum Gasteiger partial charge on any atom is -0.496 e. The minimum absolute atomic E-state index is 0. The van der Waals surface area contributed by atoms with Crippen molar-refractivity contribution in [1.82, 2.24) is 20.1 Å². The van der Waals surface area contributed by atoms with Crippen molar-refractivity contribution in [2.75, 3.05) is 20.2 Å². The van der Waals surface area contributed by atoms with E-state index in [1.54, 1.807) is 7.11 Å². The van der Waals surface area contributed by atoms with E-state index < -0.39 is 12.7 Å². The summed E-state index contributed by atoms with van der Waals surface area (Å²) in [5.41, 5.74) is 0.853. The summed E-state index contributed by atoms with van der Waals surface area (Å²) in [6.07, 6.45) is -2.45. The minimum atomic E-state index is -4.32. The van der Waals surface area contributed by atoms with Gasteiger partial charge >= 0.3 is 6.18 Å². The topological polar surface area (TPSA) is 52.0 Å². The molecule has 0 amide bonds. The van der Waals surface area contributed by atoms with Crippen molar-refractivity contribution in [3.63, 3.8) is 0 Å². The molecule has 3 rings (SSSR count). The lowest BCUT2D eigenvalue weighted by Gasteiger charge is -2.22. The number of para-hydroxylation sites is 1. The summed E-state index contributed by atoms with van der Waals surface area (Å²) in [7, 11) is 1.56. The van der Waals surface area contributed by atoms with Gasteiger partial charge < -0.3 is 10.1 Å². The number of nitrogens with zero attached hydrogens (tertiary/aromatic N) is 3. The Kier molecular flexibility index (Phi) is 6.88. The van der Waals surface area contributed by atoms with Crippen molar-refractivity contribution < 1.29 is 17.9 Å². The van der Waals surface area contributed by atoms with E-state index >= 15 is 0 Å². The van der Waals surface area contributed by atoms with Gasteiger partial charge in [0, 0.05) is 17.9 Å². The molecule has 0 bridgehead atoms. The molecule has 0 aliphatic carbocycles. The van der Waals surface area contributed by atoms with Crippen LogP contribution in [0.3, 0.4) is 0 Å². The van der Waals surface area contributed by atoms with Crippen molar-refractivity contribution in [1.29, 1.82) is 0 Å². The van der Waals surface area contributed by atoms with Crippen LogP contribution in [-0.2, 0) is 13.0 Å². The molecular formula is C17H22ClF3N4O. The van der Waals surface area contributed by atoms with E-state index in [4.69, 9.17) is 4.74 Å². The van der Waals surface area contributed by atoms with E-state index in [0.29, 0.717) is 23.8 Å². The van der Waals surface area contributed by atoms with Crippen LogP contribution in [0.1, 0.15) is 36.0 Å². The second-order valence-electron chi connectivity index (χ2n) is 6.17. The molecule has 144 valence electrons. The summed E-state index contributed by atoms with van der Waals surface area (Å²) in [6.45, 7) is 0.460. The monoisotopic (exact) mass is 390 g/mol. The third-order valence-electron chi connectivity index (χ3n) is 4.32. The molecule has 0 unspecified atom stereocenters. The average Bonchev–Trinajstić information content (AvgIpc) is 2.96. The lowest BCUT2D eigenvalue weighted by Crippen LogP contribution is -2.29. The van der Waals surface area contributed by atoms with Gasteiger partial charge in [-0.2, -0.15) is 18.3 Å². The zero-order chi connectivity index (χ0) is 17.9. The molecule has 9 heteroatoms. The van der Waals surface area contributed by atoms with Crippen molar-refractivity contribution >= 4 is 12.4 Å². The van der Waals surface area contributed by atoms with Gasteiger partial charge in [0.15, 0.2) is 5.82 Å². The van der Waals surface area contributed by atoms with Crippen molar-refractivity contribution in [2.45, 2.75) is 37.9 Å². The molecule has 1 aromatic carbocycles. The Hall–Kier alpha value is -1.80. The number of aromatic nitrogens is 3. The highest BCUT2D eigenvalue weighted by molar-refractivity contribution is 5.85. The molecular weight excluding hydrogens is 369 g/mol. The van der Waals surface area contributed by atoms with E-state index in [1.807, 2.05) is 24.3 Å². The van der Waals surface area contributed by atoms with E-state index in [1.165, 1.54) is 0 Å². The molecule has 1 fully saturated rings. The van der Waals surface area contributed by atoms with E-state index in [0.717, 1.165) is 36.2 Å². The summed E-state index contributed by atoms with van der Waals surface area (Å²) in [5, 5.41) is 7.37. The van der Waals surface area contributed by atoms with E-state index in [9.17, 15) is 13.2 Å². The normalized spacial score (nSPS) is 15.5. The van der Waals surface area contributed by atoms with E-state index in [-0.39, 0.29) is 18.3 Å². The van der Waals surface area contributed by atoms with Crippen LogP contribution in [0.4, 0.5) is 13.2 Å². The number of nitrogens with one attached hydrogen (secondary N) is 1. The van der Waals surface area contributed by atoms with Crippen LogP contribution in [0, 0.1) is 0 Å². The van der Waals surface area contributed by atoms with Gasteiger partial charge in [-0.1, -0.05) is 18.2 Å². The number of alkyl halides is 3. The molecule has 1 aliphatic rings. The van der Waals surface area contributed by atoms with E-state index in [2.05, 4.69) is 15.4 Å². The highest BCUT2D eigenvalue weighted by Crippen LogP contribution is 2.27. The molecule has 0 atom stereocenters. The molecule has 0 radical (unpaired) electrons. The molecule has 5 nitrogen and oxygen atoms in total. The fourth-order valence-corrected chi connectivity index (χ4v) is 3.17. The quantitative estimate of drug-likeness (QED) is 0.850. The van der Waals surface area contributed by atoms with Crippen molar-refractivity contribution in [3.05, 3.63) is 41.5 Å². The number of halogens is 4. The maximum absolute atomic E-state index is 12.9. The first-order valence-corrected chi connectivity index (χ1v) is 8.29. The fraction of sp³-hybridized carbons (Fsp3) is 0.529. The Morgan fingerprint density at radius 1 is 1.23 bits per heavy atom. The molecule has 1 aromatic heterocycles. The molecule has 2 heterocycles. The number of hydrogen-bond acceptors (Lipinski definition) is 4. The van der Waals surface area contributed by atoms with Crippen LogP contribution >= 0.6 is 12.4 Å². The summed E-state index contributed by atoms with van der Waals surface area (Å²) >= 11 is 0. The maximum Gasteiger partial charge on any atom is 0.408 e. The maximum atomic E-state index is 12.9.